The molecule has 0 spiro atoms. The Labute approximate surface area is 92.2 Å². The van der Waals surface area contributed by atoms with Gasteiger partial charge in [0, 0.05) is 6.42 Å². The number of carbonyl (C=O) groups excluding carboxylic acids is 1. The van der Waals surface area contributed by atoms with E-state index in [0.717, 1.165) is 6.42 Å². The highest BCUT2D eigenvalue weighted by Crippen LogP contribution is 2.07. The molecule has 0 radical (unpaired) electrons. The number of nitrogens with one attached hydrogen (secondary N) is 1. The number of quaternary nitrogens is 1. The summed E-state index contributed by atoms with van der Waals surface area (Å²) in [6.45, 7) is 4.60. The monoisotopic (exact) mass is 215 g/mol. The quantitative estimate of drug-likeness (QED) is 0.385. The highest BCUT2D eigenvalue weighted by molar-refractivity contribution is 5.87. The first kappa shape index (κ1) is 14.1. The van der Waals surface area contributed by atoms with Crippen LogP contribution in [-0.4, -0.2) is 48.9 Å². The van der Waals surface area contributed by atoms with Crippen LogP contribution in [0.5, 0.6) is 0 Å². The summed E-state index contributed by atoms with van der Waals surface area (Å²) >= 11 is 0. The summed E-state index contributed by atoms with van der Waals surface area (Å²) in [7, 11) is 4.00. The number of amides is 1. The molecule has 1 amide bonds. The Morgan fingerprint density at radius 3 is 2.53 bits per heavy atom. The lowest BCUT2D eigenvalue weighted by molar-refractivity contribution is -0.917. The van der Waals surface area contributed by atoms with Crippen LogP contribution in [0.4, 0.5) is 0 Å². The molecule has 15 heavy (non-hydrogen) atoms. The van der Waals surface area contributed by atoms with Crippen LogP contribution < -0.4 is 5.32 Å². The summed E-state index contributed by atoms with van der Waals surface area (Å²) in [4.78, 5) is 11.4. The molecule has 2 N–H and O–H groups in total. The molecule has 1 unspecified atom stereocenters. The van der Waals surface area contributed by atoms with Gasteiger partial charge in [-0.3, -0.25) is 4.79 Å². The first-order valence-corrected chi connectivity index (χ1v) is 5.34. The van der Waals surface area contributed by atoms with Crippen molar-refractivity contribution in [3.63, 3.8) is 0 Å². The van der Waals surface area contributed by atoms with E-state index in [0.29, 0.717) is 11.0 Å². The molecule has 0 fully saturated rings. The zero-order chi connectivity index (χ0) is 11.9. The Balaban J connectivity index is 4.41. The molecule has 0 aromatic rings. The van der Waals surface area contributed by atoms with Crippen LogP contribution in [0.15, 0.2) is 12.2 Å². The molecule has 0 saturated carbocycles. The fraction of sp³-hybridized carbons (Fsp3) is 0.727. The van der Waals surface area contributed by atoms with E-state index in [1.165, 1.54) is 6.08 Å². The standard InChI is InChI=1S/C11H22N2O2/c1-5-7-11(15)12-10(6-2)13(3,4)8-9-14/h5,7,10,14H,6,8-9H2,1-4H3/p+1. The van der Waals surface area contributed by atoms with E-state index in [1.807, 2.05) is 27.9 Å². The van der Waals surface area contributed by atoms with Gasteiger partial charge in [-0.25, -0.2) is 0 Å². The predicted molar refractivity (Wildman–Crippen MR) is 61.1 cm³/mol. The molecular formula is C11H23N2O2+. The number of allylic oxidation sites excluding steroid dienone is 1. The van der Waals surface area contributed by atoms with Gasteiger partial charge in [-0.15, -0.1) is 0 Å². The first-order chi connectivity index (χ1) is 6.97. The van der Waals surface area contributed by atoms with Gasteiger partial charge in [0.15, 0.2) is 6.17 Å². The first-order valence-electron chi connectivity index (χ1n) is 5.34. The summed E-state index contributed by atoms with van der Waals surface area (Å²) < 4.78 is 0.594. The Kier molecular flexibility index (Phi) is 6.20. The Hall–Kier alpha value is -0.870. The van der Waals surface area contributed by atoms with Crippen LogP contribution in [0.25, 0.3) is 0 Å². The van der Waals surface area contributed by atoms with Crippen molar-refractivity contribution in [2.24, 2.45) is 0 Å². The number of carbonyl (C=O) groups is 1. The lowest BCUT2D eigenvalue weighted by Gasteiger charge is -2.37. The number of aliphatic hydroxyl groups excluding tert-OH is 1. The number of rotatable bonds is 6. The van der Waals surface area contributed by atoms with Gasteiger partial charge >= 0.3 is 0 Å². The van der Waals surface area contributed by atoms with Crippen molar-refractivity contribution in [2.75, 3.05) is 27.2 Å². The van der Waals surface area contributed by atoms with Gasteiger partial charge in [0.2, 0.25) is 5.91 Å². The average Bonchev–Trinajstić information content (AvgIpc) is 2.14. The number of nitrogens with zero attached hydrogens (tertiary/aromatic N) is 1. The van der Waals surface area contributed by atoms with E-state index in [4.69, 9.17) is 5.11 Å². The van der Waals surface area contributed by atoms with Gasteiger partial charge < -0.3 is 14.9 Å². The normalized spacial score (nSPS) is 14.2. The maximum absolute atomic E-state index is 11.4. The number of aliphatic hydroxyl groups is 1. The zero-order valence-electron chi connectivity index (χ0n) is 10.2. The lowest BCUT2D eigenvalue weighted by Crippen LogP contribution is -2.58. The van der Waals surface area contributed by atoms with E-state index in [-0.39, 0.29) is 18.7 Å². The maximum Gasteiger partial charge on any atom is 0.248 e. The van der Waals surface area contributed by atoms with Crippen LogP contribution in [0, 0.1) is 0 Å². The van der Waals surface area contributed by atoms with Crippen molar-refractivity contribution in [3.05, 3.63) is 12.2 Å². The third-order valence-electron chi connectivity index (χ3n) is 2.53. The molecule has 0 heterocycles. The maximum atomic E-state index is 11.4. The molecule has 88 valence electrons. The molecule has 0 bridgehead atoms. The Morgan fingerprint density at radius 1 is 1.53 bits per heavy atom. The molecule has 0 aliphatic heterocycles. The van der Waals surface area contributed by atoms with Gasteiger partial charge in [-0.05, 0) is 13.0 Å². The second-order valence-electron chi connectivity index (χ2n) is 4.16. The Morgan fingerprint density at radius 2 is 2.13 bits per heavy atom. The van der Waals surface area contributed by atoms with Crippen molar-refractivity contribution >= 4 is 5.91 Å². The number of hydrogen-bond acceptors (Lipinski definition) is 2. The minimum Gasteiger partial charge on any atom is -0.391 e. The largest absolute Gasteiger partial charge is 0.391 e. The number of hydrogen-bond donors (Lipinski definition) is 2. The second-order valence-corrected chi connectivity index (χ2v) is 4.16. The van der Waals surface area contributed by atoms with E-state index >= 15 is 0 Å². The van der Waals surface area contributed by atoms with E-state index < -0.39 is 0 Å². The highest BCUT2D eigenvalue weighted by Gasteiger charge is 2.26. The van der Waals surface area contributed by atoms with Gasteiger partial charge in [0.05, 0.1) is 20.7 Å². The molecule has 0 aromatic heterocycles. The summed E-state index contributed by atoms with van der Waals surface area (Å²) in [6, 6.07) is 0. The van der Waals surface area contributed by atoms with Crippen LogP contribution in [0.3, 0.4) is 0 Å². The number of likely N-dealkylation sites (N-methyl/N-ethyl adjacent to an activating group) is 1. The van der Waals surface area contributed by atoms with Crippen LogP contribution in [0.1, 0.15) is 20.3 Å². The zero-order valence-corrected chi connectivity index (χ0v) is 10.2. The topological polar surface area (TPSA) is 49.3 Å². The van der Waals surface area contributed by atoms with Gasteiger partial charge in [0.1, 0.15) is 6.54 Å². The minimum absolute atomic E-state index is 0.0425. The molecule has 1 atom stereocenters. The van der Waals surface area contributed by atoms with E-state index in [2.05, 4.69) is 5.32 Å². The third-order valence-corrected chi connectivity index (χ3v) is 2.53. The Bertz CT molecular complexity index is 225. The van der Waals surface area contributed by atoms with Crippen LogP contribution in [0.2, 0.25) is 0 Å². The van der Waals surface area contributed by atoms with Gasteiger partial charge in [0.25, 0.3) is 0 Å². The highest BCUT2D eigenvalue weighted by atomic mass is 16.3. The van der Waals surface area contributed by atoms with Gasteiger partial charge in [-0.1, -0.05) is 13.0 Å². The SMILES string of the molecule is CC=CC(=O)NC(CC)[N+](C)(C)CCO. The molecule has 0 rings (SSSR count). The van der Waals surface area contributed by atoms with Crippen LogP contribution in [-0.2, 0) is 4.79 Å². The van der Waals surface area contributed by atoms with Crippen molar-refractivity contribution < 1.29 is 14.4 Å². The average molecular weight is 215 g/mol. The third kappa shape index (κ3) is 4.95. The molecule has 4 heteroatoms. The van der Waals surface area contributed by atoms with E-state index in [9.17, 15) is 4.79 Å². The van der Waals surface area contributed by atoms with E-state index in [1.54, 1.807) is 6.08 Å². The van der Waals surface area contributed by atoms with Gasteiger partial charge in [-0.2, -0.15) is 0 Å². The summed E-state index contributed by atoms with van der Waals surface area (Å²) in [5.41, 5.74) is 0. The van der Waals surface area contributed by atoms with Crippen molar-refractivity contribution in [3.8, 4) is 0 Å². The fourth-order valence-electron chi connectivity index (χ4n) is 1.55. The van der Waals surface area contributed by atoms with Crippen molar-refractivity contribution in [2.45, 2.75) is 26.4 Å². The minimum atomic E-state index is -0.0755. The lowest BCUT2D eigenvalue weighted by atomic mass is 10.2. The molecule has 0 aliphatic rings. The van der Waals surface area contributed by atoms with Crippen molar-refractivity contribution in [1.29, 1.82) is 0 Å². The smallest absolute Gasteiger partial charge is 0.248 e. The summed E-state index contributed by atoms with van der Waals surface area (Å²) in [5, 5.41) is 11.9. The molecule has 0 aliphatic carbocycles. The molecular weight excluding hydrogens is 192 g/mol. The predicted octanol–water partition coefficient (Wildman–Crippen LogP) is 0.484. The second kappa shape index (κ2) is 6.58. The van der Waals surface area contributed by atoms with Crippen LogP contribution >= 0.6 is 0 Å². The molecule has 0 aromatic carbocycles. The molecule has 0 saturated heterocycles. The fourth-order valence-corrected chi connectivity index (χ4v) is 1.55. The summed E-state index contributed by atoms with van der Waals surface area (Å²) in [6.07, 6.45) is 4.12. The summed E-state index contributed by atoms with van der Waals surface area (Å²) in [5.74, 6) is -0.0755. The van der Waals surface area contributed by atoms with Crippen molar-refractivity contribution in [1.82, 2.24) is 5.32 Å². The molecule has 4 nitrogen and oxygen atoms in total.